The van der Waals surface area contributed by atoms with E-state index in [9.17, 15) is 19.5 Å². The highest BCUT2D eigenvalue weighted by molar-refractivity contribution is 9.09. The van der Waals surface area contributed by atoms with Crippen LogP contribution in [0.15, 0.2) is 72.8 Å². The zero-order chi connectivity index (χ0) is 28.0. The second kappa shape index (κ2) is 10.8. The largest absolute Gasteiger partial charge is 0.394 e. The van der Waals surface area contributed by atoms with Gasteiger partial charge in [-0.1, -0.05) is 83.5 Å². The van der Waals surface area contributed by atoms with Crippen LogP contribution in [0.1, 0.15) is 25.3 Å². The molecule has 40 heavy (non-hydrogen) atoms. The van der Waals surface area contributed by atoms with E-state index in [1.807, 2.05) is 79.7 Å². The van der Waals surface area contributed by atoms with Gasteiger partial charge in [-0.2, -0.15) is 0 Å². The van der Waals surface area contributed by atoms with Crippen LogP contribution in [0.2, 0.25) is 0 Å². The standard InChI is InChI=1S/C31H32BrN3O4S/c1-2-22(17-36)35-27(29(38)34-21-13-12-19-10-6-7-11-20(19)14-21)31-15-23(32)26(40-31)24(25(31)30(35)39)28(37)33-16-18-8-4-3-5-9-18/h3-14,22-27,36H,2,15-17H2,1H3,(H,33,37)(H,34,38)/t22-,23?,24-,25-,26-,27?,31?/m0/s1. The van der Waals surface area contributed by atoms with Crippen LogP contribution >= 0.6 is 27.7 Å². The predicted molar refractivity (Wildman–Crippen MR) is 161 cm³/mol. The van der Waals surface area contributed by atoms with Crippen LogP contribution in [-0.2, 0) is 20.9 Å². The van der Waals surface area contributed by atoms with Crippen molar-refractivity contribution in [2.45, 2.75) is 53.2 Å². The molecule has 3 saturated heterocycles. The average molecular weight is 623 g/mol. The van der Waals surface area contributed by atoms with E-state index in [4.69, 9.17) is 0 Å². The molecule has 3 aromatic rings. The van der Waals surface area contributed by atoms with Gasteiger partial charge in [-0.25, -0.2) is 0 Å². The van der Waals surface area contributed by atoms with Gasteiger partial charge in [-0.15, -0.1) is 11.8 Å². The maximum atomic E-state index is 14.2. The van der Waals surface area contributed by atoms with E-state index in [0.717, 1.165) is 16.3 Å². The SMILES string of the molecule is CC[C@@H](CO)N1C(=O)[C@@H]2[C@H](C(=O)NCc3ccccc3)[C@H]3SC2(CC3Br)C1C(=O)Nc1ccc2ccccc2c1. The van der Waals surface area contributed by atoms with Crippen LogP contribution in [0.4, 0.5) is 5.69 Å². The number of hydrogen-bond donors (Lipinski definition) is 3. The van der Waals surface area contributed by atoms with Gasteiger partial charge in [0.15, 0.2) is 0 Å². The topological polar surface area (TPSA) is 98.7 Å². The summed E-state index contributed by atoms with van der Waals surface area (Å²) in [5, 5.41) is 18.3. The number of halogens is 1. The monoisotopic (exact) mass is 621 g/mol. The Morgan fingerprint density at radius 2 is 1.80 bits per heavy atom. The Kier molecular flexibility index (Phi) is 7.39. The number of fused-ring (bicyclic) bond motifs is 2. The molecule has 0 aliphatic carbocycles. The molecule has 3 N–H and O–H groups in total. The maximum absolute atomic E-state index is 14.2. The fraction of sp³-hybridized carbons (Fsp3) is 0.387. The predicted octanol–water partition coefficient (Wildman–Crippen LogP) is 4.33. The minimum absolute atomic E-state index is 0.0147. The lowest BCUT2D eigenvalue weighted by molar-refractivity contribution is -0.142. The number of thioether (sulfide) groups is 1. The van der Waals surface area contributed by atoms with Crippen LogP contribution in [0.3, 0.4) is 0 Å². The number of alkyl halides is 1. The normalized spacial score (nSPS) is 29.4. The molecule has 3 aliphatic rings. The number of likely N-dealkylation sites (tertiary alicyclic amines) is 1. The van der Waals surface area contributed by atoms with Gasteiger partial charge in [0.05, 0.1) is 29.2 Å². The number of nitrogens with one attached hydrogen (secondary N) is 2. The molecule has 3 fully saturated rings. The van der Waals surface area contributed by atoms with Crippen LogP contribution in [0.25, 0.3) is 10.8 Å². The van der Waals surface area contributed by atoms with Crippen LogP contribution in [0, 0.1) is 11.8 Å². The summed E-state index contributed by atoms with van der Waals surface area (Å²) < 4.78 is -0.770. The molecule has 7 nitrogen and oxygen atoms in total. The summed E-state index contributed by atoms with van der Waals surface area (Å²) in [6.45, 7) is 2.03. The molecular formula is C31H32BrN3O4S. The number of carbonyl (C=O) groups excluding carboxylic acids is 3. The second-order valence-electron chi connectivity index (χ2n) is 10.9. The summed E-state index contributed by atoms with van der Waals surface area (Å²) in [6, 6.07) is 22.1. The zero-order valence-corrected chi connectivity index (χ0v) is 24.5. The van der Waals surface area contributed by atoms with Crippen LogP contribution in [0.5, 0.6) is 0 Å². The number of benzene rings is 3. The fourth-order valence-corrected chi connectivity index (χ4v) is 10.5. The molecule has 0 saturated carbocycles. The average Bonchev–Trinajstić information content (AvgIpc) is 3.56. The Bertz CT molecular complexity index is 1450. The van der Waals surface area contributed by atoms with Crippen LogP contribution in [-0.4, -0.2) is 61.2 Å². The smallest absolute Gasteiger partial charge is 0.248 e. The van der Waals surface area contributed by atoms with Crippen molar-refractivity contribution < 1.29 is 19.5 Å². The summed E-state index contributed by atoms with van der Waals surface area (Å²) in [5.41, 5.74) is 1.63. The van der Waals surface area contributed by atoms with E-state index >= 15 is 0 Å². The number of carbonyl (C=O) groups is 3. The van der Waals surface area contributed by atoms with E-state index in [-0.39, 0.29) is 34.4 Å². The number of anilines is 1. The lowest BCUT2D eigenvalue weighted by Gasteiger charge is -2.37. The highest BCUT2D eigenvalue weighted by Gasteiger charge is 2.76. The summed E-state index contributed by atoms with van der Waals surface area (Å²) in [6.07, 6.45) is 1.09. The van der Waals surface area contributed by atoms with Crippen molar-refractivity contribution >= 4 is 61.9 Å². The molecule has 3 unspecified atom stereocenters. The number of aliphatic hydroxyl groups excluding tert-OH is 1. The number of amides is 3. The number of aliphatic hydroxyl groups is 1. The highest BCUT2D eigenvalue weighted by atomic mass is 79.9. The number of nitrogens with zero attached hydrogens (tertiary/aromatic N) is 1. The van der Waals surface area contributed by atoms with E-state index in [2.05, 4.69) is 26.6 Å². The lowest BCUT2D eigenvalue weighted by Crippen LogP contribution is -2.55. The molecule has 3 aromatic carbocycles. The first-order valence-corrected chi connectivity index (χ1v) is 15.5. The van der Waals surface area contributed by atoms with Crippen LogP contribution < -0.4 is 10.6 Å². The van der Waals surface area contributed by atoms with Crippen molar-refractivity contribution in [3.8, 4) is 0 Å². The number of hydrogen-bond acceptors (Lipinski definition) is 5. The van der Waals surface area contributed by atoms with Gasteiger partial charge < -0.3 is 20.6 Å². The first kappa shape index (κ1) is 27.3. The summed E-state index contributed by atoms with van der Waals surface area (Å²) in [5.74, 6) is -1.88. The van der Waals surface area contributed by atoms with Gasteiger partial charge in [0.25, 0.3) is 0 Å². The fourth-order valence-electron chi connectivity index (χ4n) is 6.85. The molecule has 1 spiro atoms. The van der Waals surface area contributed by atoms with Crippen molar-refractivity contribution in [2.75, 3.05) is 11.9 Å². The van der Waals surface area contributed by atoms with Crippen molar-refractivity contribution in [1.82, 2.24) is 10.2 Å². The van der Waals surface area contributed by atoms with E-state index in [1.165, 1.54) is 0 Å². The first-order chi connectivity index (χ1) is 19.4. The molecule has 9 heteroatoms. The summed E-state index contributed by atoms with van der Waals surface area (Å²) >= 11 is 5.40. The van der Waals surface area contributed by atoms with Crippen molar-refractivity contribution in [3.63, 3.8) is 0 Å². The Labute approximate surface area is 246 Å². The Morgan fingerprint density at radius 1 is 1.07 bits per heavy atom. The van der Waals surface area contributed by atoms with E-state index < -0.39 is 28.7 Å². The molecule has 208 valence electrons. The molecule has 0 aromatic heterocycles. The Morgan fingerprint density at radius 3 is 2.52 bits per heavy atom. The lowest BCUT2D eigenvalue weighted by atomic mass is 9.70. The van der Waals surface area contributed by atoms with E-state index in [1.54, 1.807) is 16.7 Å². The third-order valence-electron chi connectivity index (χ3n) is 8.68. The molecule has 6 rings (SSSR count). The number of rotatable bonds is 8. The molecule has 3 aliphatic heterocycles. The van der Waals surface area contributed by atoms with Gasteiger partial charge in [-0.05, 0) is 41.3 Å². The maximum Gasteiger partial charge on any atom is 0.248 e. The van der Waals surface area contributed by atoms with Crippen molar-refractivity contribution in [1.29, 1.82) is 0 Å². The highest BCUT2D eigenvalue weighted by Crippen LogP contribution is 2.68. The van der Waals surface area contributed by atoms with E-state index in [0.29, 0.717) is 25.1 Å². The molecule has 2 bridgehead atoms. The molecule has 7 atom stereocenters. The summed E-state index contributed by atoms with van der Waals surface area (Å²) in [7, 11) is 0. The Balaban J connectivity index is 1.33. The van der Waals surface area contributed by atoms with Crippen molar-refractivity contribution in [3.05, 3.63) is 78.4 Å². The first-order valence-electron chi connectivity index (χ1n) is 13.7. The van der Waals surface area contributed by atoms with Gasteiger partial charge >= 0.3 is 0 Å². The molecular weight excluding hydrogens is 590 g/mol. The second-order valence-corrected chi connectivity index (χ2v) is 13.6. The zero-order valence-electron chi connectivity index (χ0n) is 22.1. The van der Waals surface area contributed by atoms with Crippen molar-refractivity contribution in [2.24, 2.45) is 11.8 Å². The minimum atomic E-state index is -0.810. The van der Waals surface area contributed by atoms with Gasteiger partial charge in [-0.3, -0.25) is 14.4 Å². The Hall–Kier alpha value is -2.88. The molecule has 3 amide bonds. The quantitative estimate of drug-likeness (QED) is 0.325. The molecule has 0 radical (unpaired) electrons. The third kappa shape index (κ3) is 4.43. The van der Waals surface area contributed by atoms with Gasteiger partial charge in [0, 0.05) is 22.3 Å². The molecule has 3 heterocycles. The minimum Gasteiger partial charge on any atom is -0.394 e. The summed E-state index contributed by atoms with van der Waals surface area (Å²) in [4.78, 5) is 43.6. The van der Waals surface area contributed by atoms with Gasteiger partial charge in [0.1, 0.15) is 6.04 Å². The third-order valence-corrected chi connectivity index (χ3v) is 11.9. The van der Waals surface area contributed by atoms with Gasteiger partial charge in [0.2, 0.25) is 17.7 Å².